The van der Waals surface area contributed by atoms with Crippen molar-refractivity contribution in [3.63, 3.8) is 0 Å². The van der Waals surface area contributed by atoms with Gasteiger partial charge >= 0.3 is 7.69 Å². The molecule has 0 atom stereocenters. The van der Waals surface area contributed by atoms with Gasteiger partial charge in [0.2, 0.25) is 0 Å². The lowest BCUT2D eigenvalue weighted by molar-refractivity contribution is 0.448. The maximum atomic E-state index is 9.02. The second kappa shape index (κ2) is 5.68. The van der Waals surface area contributed by atoms with Crippen LogP contribution in [0.5, 0.6) is 5.75 Å². The largest absolute Gasteiger partial charge is 0.508 e. The summed E-state index contributed by atoms with van der Waals surface area (Å²) >= 11 is 0. The molecule has 14 heavy (non-hydrogen) atoms. The van der Waals surface area contributed by atoms with Crippen LogP contribution in [0.4, 0.5) is 0 Å². The van der Waals surface area contributed by atoms with Crippen molar-refractivity contribution in [2.45, 2.75) is 26.2 Å². The summed E-state index contributed by atoms with van der Waals surface area (Å²) in [6.07, 6.45) is 0. The molecule has 0 aliphatic carbocycles. The highest BCUT2D eigenvalue weighted by molar-refractivity contribution is 6.13. The fourth-order valence-electron chi connectivity index (χ4n) is 0.961. The van der Waals surface area contributed by atoms with E-state index in [-0.39, 0.29) is 13.1 Å². The molecular formula is C10H16BO3. The molecule has 0 bridgehead atoms. The van der Waals surface area contributed by atoms with E-state index in [1.54, 1.807) is 12.1 Å². The van der Waals surface area contributed by atoms with Gasteiger partial charge in [0.05, 0.1) is 0 Å². The highest BCUT2D eigenvalue weighted by Gasteiger charge is 2.12. The van der Waals surface area contributed by atoms with Crippen LogP contribution in [-0.2, 0) is 5.41 Å². The lowest BCUT2D eigenvalue weighted by Gasteiger charge is -2.18. The molecular weight excluding hydrogens is 179 g/mol. The molecule has 0 unspecified atom stereocenters. The monoisotopic (exact) mass is 195 g/mol. The van der Waals surface area contributed by atoms with E-state index in [2.05, 4.69) is 20.8 Å². The summed E-state index contributed by atoms with van der Waals surface area (Å²) < 4.78 is 0. The smallest absolute Gasteiger partial charge is 0.482 e. The summed E-state index contributed by atoms with van der Waals surface area (Å²) in [6.45, 7) is 6.46. The van der Waals surface area contributed by atoms with Crippen LogP contribution < -0.4 is 0 Å². The van der Waals surface area contributed by atoms with Gasteiger partial charge in [-0.3, -0.25) is 0 Å². The third-order valence-electron chi connectivity index (χ3n) is 1.73. The highest BCUT2D eigenvalue weighted by Crippen LogP contribution is 2.23. The molecule has 0 aromatic heterocycles. The van der Waals surface area contributed by atoms with E-state index in [4.69, 9.17) is 15.2 Å². The molecule has 0 fully saturated rings. The van der Waals surface area contributed by atoms with Crippen LogP contribution in [0.3, 0.4) is 0 Å². The Balaban J connectivity index is 0.000000500. The van der Waals surface area contributed by atoms with Crippen molar-refractivity contribution in [3.8, 4) is 5.75 Å². The maximum Gasteiger partial charge on any atom is 0.482 e. The minimum atomic E-state index is 0. The van der Waals surface area contributed by atoms with Crippen molar-refractivity contribution < 1.29 is 15.2 Å². The molecule has 4 heteroatoms. The van der Waals surface area contributed by atoms with E-state index in [0.29, 0.717) is 5.75 Å². The summed E-state index contributed by atoms with van der Waals surface area (Å²) in [5, 5.41) is 23.0. The van der Waals surface area contributed by atoms with Crippen molar-refractivity contribution in [2.24, 2.45) is 0 Å². The van der Waals surface area contributed by atoms with Crippen LogP contribution in [0.2, 0.25) is 0 Å². The van der Waals surface area contributed by atoms with Crippen molar-refractivity contribution in [1.82, 2.24) is 0 Å². The van der Waals surface area contributed by atoms with Gasteiger partial charge in [-0.2, -0.15) is 0 Å². The van der Waals surface area contributed by atoms with Gasteiger partial charge in [-0.05, 0) is 23.1 Å². The molecule has 0 aliphatic heterocycles. The molecule has 1 aromatic carbocycles. The topological polar surface area (TPSA) is 60.7 Å². The first-order valence-corrected chi connectivity index (χ1v) is 4.31. The number of phenols is 1. The second-order valence-electron chi connectivity index (χ2n) is 3.91. The van der Waals surface area contributed by atoms with Gasteiger partial charge in [-0.1, -0.05) is 32.9 Å². The van der Waals surface area contributed by atoms with E-state index >= 15 is 0 Å². The lowest BCUT2D eigenvalue weighted by Crippen LogP contribution is -2.10. The molecule has 0 heterocycles. The first-order valence-electron chi connectivity index (χ1n) is 4.31. The van der Waals surface area contributed by atoms with E-state index < -0.39 is 0 Å². The van der Waals surface area contributed by atoms with Gasteiger partial charge in [0, 0.05) is 0 Å². The molecule has 3 N–H and O–H groups in total. The average molecular weight is 195 g/mol. The van der Waals surface area contributed by atoms with E-state index in [1.165, 1.54) is 5.56 Å². The predicted octanol–water partition coefficient (Wildman–Crippen LogP) is 1.19. The average Bonchev–Trinajstić information content (AvgIpc) is 2.04. The van der Waals surface area contributed by atoms with Crippen LogP contribution in [0, 0.1) is 0 Å². The quantitative estimate of drug-likeness (QED) is 0.545. The van der Waals surface area contributed by atoms with E-state index in [0.717, 1.165) is 0 Å². The standard InChI is InChI=1S/C10H14O.BH2O2/c1-10(2,3)8-4-6-9(11)7-5-8;2-1-3/h4-7,11H,1-3H3;2-3H. The van der Waals surface area contributed by atoms with Crippen molar-refractivity contribution >= 4 is 7.69 Å². The maximum absolute atomic E-state index is 9.02. The van der Waals surface area contributed by atoms with Gasteiger partial charge in [-0.25, -0.2) is 0 Å². The lowest BCUT2D eigenvalue weighted by atomic mass is 9.87. The molecule has 0 amide bonds. The normalized spacial score (nSPS) is 10.1. The fraction of sp³-hybridized carbons (Fsp3) is 0.400. The zero-order chi connectivity index (χ0) is 11.2. The first kappa shape index (κ1) is 13.0. The Kier molecular flexibility index (Phi) is 5.27. The Morgan fingerprint density at radius 1 is 1.00 bits per heavy atom. The number of hydrogen-bond acceptors (Lipinski definition) is 3. The molecule has 0 saturated carbocycles. The molecule has 0 saturated heterocycles. The fourth-order valence-corrected chi connectivity index (χ4v) is 0.961. The Morgan fingerprint density at radius 2 is 1.36 bits per heavy atom. The van der Waals surface area contributed by atoms with Gasteiger partial charge in [0.25, 0.3) is 0 Å². The van der Waals surface area contributed by atoms with Crippen LogP contribution in [-0.4, -0.2) is 22.8 Å². The predicted molar refractivity (Wildman–Crippen MR) is 57.0 cm³/mol. The summed E-state index contributed by atoms with van der Waals surface area (Å²) in [6, 6.07) is 7.35. The number of hydrogen-bond donors (Lipinski definition) is 3. The zero-order valence-corrected chi connectivity index (χ0v) is 8.73. The Morgan fingerprint density at radius 3 is 1.64 bits per heavy atom. The van der Waals surface area contributed by atoms with Crippen molar-refractivity contribution in [1.29, 1.82) is 0 Å². The Hall–Kier alpha value is -0.995. The molecule has 1 radical (unpaired) electrons. The van der Waals surface area contributed by atoms with Crippen LogP contribution in [0.25, 0.3) is 0 Å². The number of rotatable bonds is 0. The Bertz CT molecular complexity index is 251. The van der Waals surface area contributed by atoms with Gasteiger partial charge in [0.15, 0.2) is 0 Å². The molecule has 1 rings (SSSR count). The second-order valence-corrected chi connectivity index (χ2v) is 3.91. The number of benzene rings is 1. The summed E-state index contributed by atoms with van der Waals surface area (Å²) in [7, 11) is 0. The van der Waals surface area contributed by atoms with Gasteiger partial charge in [0.1, 0.15) is 5.75 Å². The minimum Gasteiger partial charge on any atom is -0.508 e. The SMILES string of the molecule is CC(C)(C)c1ccc(O)cc1.O[B]O. The zero-order valence-electron chi connectivity index (χ0n) is 8.73. The summed E-state index contributed by atoms with van der Waals surface area (Å²) in [5.41, 5.74) is 1.42. The van der Waals surface area contributed by atoms with Crippen molar-refractivity contribution in [2.75, 3.05) is 0 Å². The van der Waals surface area contributed by atoms with Crippen LogP contribution in [0.15, 0.2) is 24.3 Å². The molecule has 77 valence electrons. The molecule has 0 spiro atoms. The van der Waals surface area contributed by atoms with Gasteiger partial charge < -0.3 is 15.2 Å². The van der Waals surface area contributed by atoms with Crippen LogP contribution in [0.1, 0.15) is 26.3 Å². The van der Waals surface area contributed by atoms with E-state index in [1.807, 2.05) is 12.1 Å². The summed E-state index contributed by atoms with van der Waals surface area (Å²) in [4.78, 5) is 0. The molecule has 1 aromatic rings. The third kappa shape index (κ3) is 4.89. The van der Waals surface area contributed by atoms with Crippen LogP contribution >= 0.6 is 0 Å². The minimum absolute atomic E-state index is 0. The number of phenolic OH excluding ortho intramolecular Hbond substituents is 1. The van der Waals surface area contributed by atoms with Gasteiger partial charge in [-0.15, -0.1) is 0 Å². The molecule has 0 aliphatic rings. The first-order chi connectivity index (χ1) is 6.41. The third-order valence-corrected chi connectivity index (χ3v) is 1.73. The molecule has 3 nitrogen and oxygen atoms in total. The Labute approximate surface area is 85.3 Å². The highest BCUT2D eigenvalue weighted by atomic mass is 16.4. The van der Waals surface area contributed by atoms with Crippen molar-refractivity contribution in [3.05, 3.63) is 29.8 Å². The number of aromatic hydroxyl groups is 1. The van der Waals surface area contributed by atoms with E-state index in [9.17, 15) is 0 Å². The summed E-state index contributed by atoms with van der Waals surface area (Å²) in [5.74, 6) is 0.331.